The minimum Gasteiger partial charge on any atom is -0.384 e. The highest BCUT2D eigenvalue weighted by molar-refractivity contribution is 5.89. The van der Waals surface area contributed by atoms with Gasteiger partial charge in [0.15, 0.2) is 0 Å². The second-order valence-corrected chi connectivity index (χ2v) is 6.45. The first-order valence-electron chi connectivity index (χ1n) is 7.04. The lowest BCUT2D eigenvalue weighted by Crippen LogP contribution is -2.12. The van der Waals surface area contributed by atoms with Crippen LogP contribution in [0.3, 0.4) is 0 Å². The van der Waals surface area contributed by atoms with E-state index in [1.54, 1.807) is 4.68 Å². The fourth-order valence-corrected chi connectivity index (χ4v) is 2.56. The van der Waals surface area contributed by atoms with E-state index in [1.807, 2.05) is 25.5 Å². The number of anilines is 1. The summed E-state index contributed by atoms with van der Waals surface area (Å²) in [5.41, 5.74) is 9.13. The Bertz CT molecular complexity index is 790. The summed E-state index contributed by atoms with van der Waals surface area (Å²) in [4.78, 5) is 4.39. The SMILES string of the molecule is Cn1nc(-c2ccc3c(C(C)(C)C)cncc3c2)cc1N. The largest absolute Gasteiger partial charge is 0.384 e. The summed E-state index contributed by atoms with van der Waals surface area (Å²) in [7, 11) is 1.85. The zero-order valence-corrected chi connectivity index (χ0v) is 12.9. The Hall–Kier alpha value is -2.36. The second-order valence-electron chi connectivity index (χ2n) is 6.45. The second kappa shape index (κ2) is 4.58. The molecule has 0 bridgehead atoms. The van der Waals surface area contributed by atoms with Gasteiger partial charge in [-0.3, -0.25) is 9.67 Å². The third kappa shape index (κ3) is 2.37. The van der Waals surface area contributed by atoms with Crippen LogP contribution in [0.1, 0.15) is 26.3 Å². The number of fused-ring (bicyclic) bond motifs is 1. The standard InChI is InChI=1S/C17H20N4/c1-17(2,3)14-10-19-9-12-7-11(5-6-13(12)14)15-8-16(18)21(4)20-15/h5-10H,18H2,1-4H3. The van der Waals surface area contributed by atoms with Gasteiger partial charge in [-0.25, -0.2) is 0 Å². The van der Waals surface area contributed by atoms with E-state index in [4.69, 9.17) is 5.73 Å². The van der Waals surface area contributed by atoms with Gasteiger partial charge in [-0.2, -0.15) is 5.10 Å². The highest BCUT2D eigenvalue weighted by Crippen LogP contribution is 2.31. The van der Waals surface area contributed by atoms with Crippen molar-refractivity contribution in [2.45, 2.75) is 26.2 Å². The zero-order chi connectivity index (χ0) is 15.2. The quantitative estimate of drug-likeness (QED) is 0.742. The minimum atomic E-state index is 0.0729. The van der Waals surface area contributed by atoms with Gasteiger partial charge in [0.2, 0.25) is 0 Å². The van der Waals surface area contributed by atoms with Crippen molar-refractivity contribution in [3.63, 3.8) is 0 Å². The Balaban J connectivity index is 2.18. The summed E-state index contributed by atoms with van der Waals surface area (Å²) in [6.07, 6.45) is 3.86. The van der Waals surface area contributed by atoms with Gasteiger partial charge in [-0.1, -0.05) is 32.9 Å². The van der Waals surface area contributed by atoms with Crippen LogP contribution >= 0.6 is 0 Å². The summed E-state index contributed by atoms with van der Waals surface area (Å²) < 4.78 is 1.68. The van der Waals surface area contributed by atoms with Gasteiger partial charge in [0.25, 0.3) is 0 Å². The predicted molar refractivity (Wildman–Crippen MR) is 87.1 cm³/mol. The van der Waals surface area contributed by atoms with Crippen molar-refractivity contribution in [2.75, 3.05) is 5.73 Å². The topological polar surface area (TPSA) is 56.7 Å². The first-order chi connectivity index (χ1) is 9.86. The van der Waals surface area contributed by atoms with Gasteiger partial charge in [-0.15, -0.1) is 0 Å². The normalized spacial score (nSPS) is 12.0. The van der Waals surface area contributed by atoms with Gasteiger partial charge in [0.1, 0.15) is 5.82 Å². The number of benzene rings is 1. The van der Waals surface area contributed by atoms with Crippen LogP contribution in [0.5, 0.6) is 0 Å². The summed E-state index contributed by atoms with van der Waals surface area (Å²) in [5.74, 6) is 0.659. The highest BCUT2D eigenvalue weighted by atomic mass is 15.3. The molecule has 0 spiro atoms. The number of rotatable bonds is 1. The Morgan fingerprint density at radius 2 is 1.86 bits per heavy atom. The molecule has 0 aliphatic carbocycles. The molecule has 0 aliphatic heterocycles. The third-order valence-electron chi connectivity index (χ3n) is 3.78. The summed E-state index contributed by atoms with van der Waals surface area (Å²) in [6, 6.07) is 8.26. The fraction of sp³-hybridized carbons (Fsp3) is 0.294. The smallest absolute Gasteiger partial charge is 0.121 e. The van der Waals surface area contributed by atoms with Crippen molar-refractivity contribution in [1.82, 2.24) is 14.8 Å². The minimum absolute atomic E-state index is 0.0729. The third-order valence-corrected chi connectivity index (χ3v) is 3.78. The van der Waals surface area contributed by atoms with Crippen LogP contribution in [0.2, 0.25) is 0 Å². The summed E-state index contributed by atoms with van der Waals surface area (Å²) in [5, 5.41) is 6.80. The van der Waals surface area contributed by atoms with E-state index in [-0.39, 0.29) is 5.41 Å². The van der Waals surface area contributed by atoms with Gasteiger partial charge >= 0.3 is 0 Å². The molecule has 0 unspecified atom stereocenters. The molecule has 2 aromatic heterocycles. The molecule has 3 rings (SSSR count). The number of aromatic nitrogens is 3. The molecule has 3 aromatic rings. The summed E-state index contributed by atoms with van der Waals surface area (Å²) >= 11 is 0. The molecule has 4 heteroatoms. The molecule has 2 heterocycles. The van der Waals surface area contributed by atoms with Gasteiger partial charge in [0, 0.05) is 36.5 Å². The maximum atomic E-state index is 5.86. The highest BCUT2D eigenvalue weighted by Gasteiger charge is 2.17. The van der Waals surface area contributed by atoms with Gasteiger partial charge in [0.05, 0.1) is 5.69 Å². The maximum absolute atomic E-state index is 5.86. The monoisotopic (exact) mass is 280 g/mol. The van der Waals surface area contributed by atoms with E-state index >= 15 is 0 Å². The number of nitrogens with zero attached hydrogens (tertiary/aromatic N) is 3. The van der Waals surface area contributed by atoms with Crippen LogP contribution in [0, 0.1) is 0 Å². The molecule has 1 aromatic carbocycles. The van der Waals surface area contributed by atoms with E-state index in [9.17, 15) is 0 Å². The lowest BCUT2D eigenvalue weighted by Gasteiger charge is -2.20. The molecule has 0 fully saturated rings. The molecule has 2 N–H and O–H groups in total. The number of nitrogen functional groups attached to an aromatic ring is 1. The molecule has 21 heavy (non-hydrogen) atoms. The average molecular weight is 280 g/mol. The van der Waals surface area contributed by atoms with Gasteiger partial charge < -0.3 is 5.73 Å². The van der Waals surface area contributed by atoms with Crippen molar-refractivity contribution in [3.05, 3.63) is 42.2 Å². The van der Waals surface area contributed by atoms with Crippen molar-refractivity contribution in [2.24, 2.45) is 7.05 Å². The lowest BCUT2D eigenvalue weighted by molar-refractivity contribution is 0.593. The van der Waals surface area contributed by atoms with Crippen molar-refractivity contribution in [3.8, 4) is 11.3 Å². The molecule has 0 saturated carbocycles. The number of hydrogen-bond donors (Lipinski definition) is 1. The molecule has 0 radical (unpaired) electrons. The molecule has 0 saturated heterocycles. The van der Waals surface area contributed by atoms with E-state index in [0.717, 1.165) is 16.6 Å². The van der Waals surface area contributed by atoms with E-state index in [1.165, 1.54) is 10.9 Å². The molecule has 0 amide bonds. The number of pyridine rings is 1. The van der Waals surface area contributed by atoms with Crippen molar-refractivity contribution >= 4 is 16.6 Å². The van der Waals surface area contributed by atoms with Crippen molar-refractivity contribution < 1.29 is 0 Å². The Labute approximate surface area is 124 Å². The first-order valence-corrected chi connectivity index (χ1v) is 7.04. The van der Waals surface area contributed by atoms with Crippen LogP contribution in [-0.4, -0.2) is 14.8 Å². The average Bonchev–Trinajstić information content (AvgIpc) is 2.76. The summed E-state index contributed by atoms with van der Waals surface area (Å²) in [6.45, 7) is 6.62. The number of hydrogen-bond acceptors (Lipinski definition) is 3. The molecule has 0 atom stereocenters. The molecular formula is C17H20N4. The molecule has 4 nitrogen and oxygen atoms in total. The number of aryl methyl sites for hydroxylation is 1. The van der Waals surface area contributed by atoms with E-state index in [2.05, 4.69) is 49.1 Å². The van der Waals surface area contributed by atoms with Crippen LogP contribution in [0.15, 0.2) is 36.7 Å². The Morgan fingerprint density at radius 3 is 2.48 bits per heavy atom. The molecular weight excluding hydrogens is 260 g/mol. The van der Waals surface area contributed by atoms with Gasteiger partial charge in [-0.05, 0) is 22.4 Å². The van der Waals surface area contributed by atoms with Crippen LogP contribution < -0.4 is 5.73 Å². The lowest BCUT2D eigenvalue weighted by atomic mass is 9.85. The van der Waals surface area contributed by atoms with E-state index in [0.29, 0.717) is 5.82 Å². The van der Waals surface area contributed by atoms with Crippen molar-refractivity contribution in [1.29, 1.82) is 0 Å². The predicted octanol–water partition coefficient (Wildman–Crippen LogP) is 3.52. The maximum Gasteiger partial charge on any atom is 0.121 e. The molecule has 0 aliphatic rings. The van der Waals surface area contributed by atoms with Crippen LogP contribution in [0.4, 0.5) is 5.82 Å². The van der Waals surface area contributed by atoms with E-state index < -0.39 is 0 Å². The van der Waals surface area contributed by atoms with Crippen LogP contribution in [0.25, 0.3) is 22.0 Å². The zero-order valence-electron chi connectivity index (χ0n) is 12.9. The molecule has 108 valence electrons. The number of nitrogens with two attached hydrogens (primary N) is 1. The Morgan fingerprint density at radius 1 is 1.10 bits per heavy atom. The first kappa shape index (κ1) is 13.6. The Kier molecular flexibility index (Phi) is 2.97. The fourth-order valence-electron chi connectivity index (χ4n) is 2.56. The van der Waals surface area contributed by atoms with Crippen LogP contribution in [-0.2, 0) is 12.5 Å².